The molecule has 0 spiro atoms. The van der Waals surface area contributed by atoms with Gasteiger partial charge >= 0.3 is 0 Å². The second-order valence-corrected chi connectivity index (χ2v) is 8.74. The number of nitrogens with one attached hydrogen (secondary N) is 1. The highest BCUT2D eigenvalue weighted by atomic mass is 32.1. The van der Waals surface area contributed by atoms with Crippen LogP contribution in [-0.2, 0) is 13.0 Å². The highest BCUT2D eigenvalue weighted by Crippen LogP contribution is 2.42. The van der Waals surface area contributed by atoms with Crippen LogP contribution in [0.2, 0.25) is 0 Å². The molecule has 172 valence electrons. The number of ether oxygens (including phenoxy) is 2. The Morgan fingerprint density at radius 3 is 2.64 bits per heavy atom. The minimum atomic E-state index is -0.111. The molecule has 4 rings (SSSR count). The first-order valence-corrected chi connectivity index (χ1v) is 11.9. The molecule has 1 unspecified atom stereocenters. The van der Waals surface area contributed by atoms with Gasteiger partial charge in [-0.3, -0.25) is 4.79 Å². The van der Waals surface area contributed by atoms with Gasteiger partial charge in [-0.1, -0.05) is 56.4 Å². The summed E-state index contributed by atoms with van der Waals surface area (Å²) in [5.74, 6) is 1.31. The molecule has 1 atom stereocenters. The fourth-order valence-electron chi connectivity index (χ4n) is 4.28. The van der Waals surface area contributed by atoms with Gasteiger partial charge in [-0.2, -0.15) is 0 Å². The van der Waals surface area contributed by atoms with Gasteiger partial charge in [0.2, 0.25) is 0 Å². The van der Waals surface area contributed by atoms with Crippen LogP contribution in [-0.4, -0.2) is 24.1 Å². The Balaban J connectivity index is 1.73. The van der Waals surface area contributed by atoms with Crippen molar-refractivity contribution in [2.45, 2.75) is 45.8 Å². The Hall–Kier alpha value is -3.12. The van der Waals surface area contributed by atoms with Crippen LogP contribution in [0.1, 0.15) is 54.2 Å². The Morgan fingerprint density at radius 2 is 1.94 bits per heavy atom. The standard InChI is InChI=1S/C27H30N2O3S/c1-4-11-28-27(30)22-16-29-20(5-2)12-19-13-25(32-17-18-9-7-6-8-10-18)24(31-3)14-21(19)23(29)15-26(22)33/h6-10,13-16,20H,4-5,11-12,17H2,1-3H3,(H,28,30). The quantitative estimate of drug-likeness (QED) is 0.410. The normalized spacial score (nSPS) is 14.2. The minimum Gasteiger partial charge on any atom is -0.493 e. The summed E-state index contributed by atoms with van der Waals surface area (Å²) in [6, 6.07) is 16.4. The first-order chi connectivity index (χ1) is 16.0. The molecule has 0 saturated heterocycles. The van der Waals surface area contributed by atoms with Crippen LogP contribution < -0.4 is 14.8 Å². The maximum atomic E-state index is 12.7. The fraction of sp³-hybridized carbons (Fsp3) is 0.333. The van der Waals surface area contributed by atoms with E-state index in [4.69, 9.17) is 21.7 Å². The third-order valence-electron chi connectivity index (χ3n) is 6.08. The van der Waals surface area contributed by atoms with Crippen molar-refractivity contribution < 1.29 is 14.3 Å². The monoisotopic (exact) mass is 462 g/mol. The van der Waals surface area contributed by atoms with Crippen LogP contribution >= 0.6 is 12.2 Å². The number of hydrogen-bond acceptors (Lipinski definition) is 4. The molecule has 0 fully saturated rings. The summed E-state index contributed by atoms with van der Waals surface area (Å²) in [5, 5.41) is 2.95. The zero-order valence-corrected chi connectivity index (χ0v) is 20.2. The van der Waals surface area contributed by atoms with Gasteiger partial charge in [0.15, 0.2) is 11.5 Å². The SMILES string of the molecule is CCCNC(=O)c1cn2c(cc1=S)-c1cc(OC)c(OCc3ccccc3)cc1CC2CC. The van der Waals surface area contributed by atoms with Gasteiger partial charge in [0.25, 0.3) is 5.91 Å². The van der Waals surface area contributed by atoms with Crippen molar-refractivity contribution >= 4 is 18.1 Å². The van der Waals surface area contributed by atoms with Gasteiger partial charge < -0.3 is 19.4 Å². The van der Waals surface area contributed by atoms with Crippen molar-refractivity contribution in [3.8, 4) is 22.8 Å². The number of amides is 1. The smallest absolute Gasteiger partial charge is 0.254 e. The number of rotatable bonds is 8. The molecule has 0 aliphatic carbocycles. The lowest BCUT2D eigenvalue weighted by Crippen LogP contribution is -2.27. The van der Waals surface area contributed by atoms with E-state index in [0.717, 1.165) is 41.8 Å². The Kier molecular flexibility index (Phi) is 7.14. The molecule has 0 saturated carbocycles. The number of hydrogen-bond donors (Lipinski definition) is 1. The number of carbonyl (C=O) groups excluding carboxylic acids is 1. The molecule has 6 heteroatoms. The molecule has 1 aliphatic heterocycles. The second kappa shape index (κ2) is 10.2. The predicted octanol–water partition coefficient (Wildman–Crippen LogP) is 6.12. The first-order valence-electron chi connectivity index (χ1n) is 11.5. The maximum Gasteiger partial charge on any atom is 0.254 e. The van der Waals surface area contributed by atoms with E-state index >= 15 is 0 Å². The topological polar surface area (TPSA) is 52.5 Å². The van der Waals surface area contributed by atoms with Gasteiger partial charge in [-0.25, -0.2) is 0 Å². The van der Waals surface area contributed by atoms with Crippen LogP contribution in [0.15, 0.2) is 54.7 Å². The van der Waals surface area contributed by atoms with E-state index in [1.54, 1.807) is 7.11 Å². The van der Waals surface area contributed by atoms with Crippen molar-refractivity contribution in [1.29, 1.82) is 0 Å². The lowest BCUT2D eigenvalue weighted by atomic mass is 9.90. The molecule has 1 aliphatic rings. The first kappa shape index (κ1) is 23.1. The molecule has 33 heavy (non-hydrogen) atoms. The van der Waals surface area contributed by atoms with Gasteiger partial charge in [-0.05, 0) is 48.6 Å². The van der Waals surface area contributed by atoms with E-state index in [1.165, 1.54) is 5.56 Å². The van der Waals surface area contributed by atoms with Crippen molar-refractivity contribution in [2.24, 2.45) is 0 Å². The maximum absolute atomic E-state index is 12.7. The number of fused-ring (bicyclic) bond motifs is 3. The van der Waals surface area contributed by atoms with Gasteiger partial charge in [0.05, 0.1) is 22.9 Å². The number of pyridine rings is 1. The predicted molar refractivity (Wildman–Crippen MR) is 134 cm³/mol. The molecule has 1 amide bonds. The Morgan fingerprint density at radius 1 is 1.15 bits per heavy atom. The van der Waals surface area contributed by atoms with Crippen molar-refractivity contribution in [2.75, 3.05) is 13.7 Å². The van der Waals surface area contributed by atoms with E-state index < -0.39 is 0 Å². The van der Waals surface area contributed by atoms with Gasteiger partial charge in [0, 0.05) is 24.3 Å². The summed E-state index contributed by atoms with van der Waals surface area (Å²) in [6.45, 7) is 5.32. The zero-order chi connectivity index (χ0) is 23.4. The Bertz CT molecular complexity index is 1200. The Labute approximate surface area is 200 Å². The molecule has 1 N–H and O–H groups in total. The van der Waals surface area contributed by atoms with Gasteiger partial charge in [0.1, 0.15) is 6.61 Å². The molecule has 3 aromatic rings. The summed E-state index contributed by atoms with van der Waals surface area (Å²) in [7, 11) is 1.66. The molecule has 0 radical (unpaired) electrons. The lowest BCUT2D eigenvalue weighted by Gasteiger charge is -2.31. The summed E-state index contributed by atoms with van der Waals surface area (Å²) >= 11 is 5.62. The van der Waals surface area contributed by atoms with E-state index in [-0.39, 0.29) is 11.9 Å². The van der Waals surface area contributed by atoms with Crippen LogP contribution in [0, 0.1) is 4.51 Å². The lowest BCUT2D eigenvalue weighted by molar-refractivity contribution is 0.0952. The molecular weight excluding hydrogens is 432 g/mol. The summed E-state index contributed by atoms with van der Waals surface area (Å²) < 4.78 is 14.6. The van der Waals surface area contributed by atoms with E-state index in [1.807, 2.05) is 55.6 Å². The third kappa shape index (κ3) is 4.81. The molecule has 5 nitrogen and oxygen atoms in total. The van der Waals surface area contributed by atoms with E-state index in [0.29, 0.717) is 29.0 Å². The highest BCUT2D eigenvalue weighted by molar-refractivity contribution is 7.71. The summed E-state index contributed by atoms with van der Waals surface area (Å²) in [6.07, 6.45) is 4.60. The summed E-state index contributed by atoms with van der Waals surface area (Å²) in [4.78, 5) is 12.7. The minimum absolute atomic E-state index is 0.111. The fourth-order valence-corrected chi connectivity index (χ4v) is 4.54. The molecule has 0 bridgehead atoms. The van der Waals surface area contributed by atoms with Crippen LogP contribution in [0.4, 0.5) is 0 Å². The van der Waals surface area contributed by atoms with Crippen LogP contribution in [0.5, 0.6) is 11.5 Å². The van der Waals surface area contributed by atoms with Crippen molar-refractivity contribution in [3.63, 3.8) is 0 Å². The van der Waals surface area contributed by atoms with Crippen LogP contribution in [0.25, 0.3) is 11.3 Å². The van der Waals surface area contributed by atoms with Crippen molar-refractivity contribution in [1.82, 2.24) is 9.88 Å². The molecular formula is C27H30N2O3S. The number of aromatic nitrogens is 1. The average molecular weight is 463 g/mol. The van der Waals surface area contributed by atoms with Gasteiger partial charge in [-0.15, -0.1) is 0 Å². The number of carbonyl (C=O) groups is 1. The summed E-state index contributed by atoms with van der Waals surface area (Å²) in [5.41, 5.74) is 4.93. The number of benzene rings is 2. The largest absolute Gasteiger partial charge is 0.493 e. The molecule has 2 heterocycles. The molecule has 2 aromatic carbocycles. The van der Waals surface area contributed by atoms with Crippen molar-refractivity contribution in [3.05, 3.63) is 75.9 Å². The number of nitrogens with zero attached hydrogens (tertiary/aromatic N) is 1. The zero-order valence-electron chi connectivity index (χ0n) is 19.4. The molecule has 1 aromatic heterocycles. The number of methoxy groups -OCH3 is 1. The van der Waals surface area contributed by atoms with Crippen LogP contribution in [0.3, 0.4) is 0 Å². The van der Waals surface area contributed by atoms with E-state index in [2.05, 4.69) is 22.9 Å². The highest BCUT2D eigenvalue weighted by Gasteiger charge is 2.26. The third-order valence-corrected chi connectivity index (χ3v) is 6.42. The average Bonchev–Trinajstić information content (AvgIpc) is 2.85. The second-order valence-electron chi connectivity index (χ2n) is 8.30. The van der Waals surface area contributed by atoms with E-state index in [9.17, 15) is 4.79 Å².